The van der Waals surface area contributed by atoms with Crippen molar-refractivity contribution in [3.63, 3.8) is 0 Å². The van der Waals surface area contributed by atoms with Crippen molar-refractivity contribution >= 4 is 17.4 Å². The van der Waals surface area contributed by atoms with Crippen molar-refractivity contribution in [2.24, 2.45) is 5.92 Å². The number of aryl methyl sites for hydroxylation is 1. The van der Waals surface area contributed by atoms with Gasteiger partial charge in [0, 0.05) is 12.1 Å². The Morgan fingerprint density at radius 1 is 1.03 bits per heavy atom. The van der Waals surface area contributed by atoms with Crippen LogP contribution >= 0.6 is 0 Å². The molecule has 0 radical (unpaired) electrons. The van der Waals surface area contributed by atoms with Crippen LogP contribution in [-0.4, -0.2) is 47.6 Å². The lowest BCUT2D eigenvalue weighted by atomic mass is 9.92. The zero-order chi connectivity index (χ0) is 24.1. The molecular weight excluding hydrogens is 418 g/mol. The van der Waals surface area contributed by atoms with Crippen LogP contribution in [-0.2, 0) is 14.3 Å². The maximum Gasteiger partial charge on any atom is 0.295 e. The van der Waals surface area contributed by atoms with Crippen molar-refractivity contribution in [2.75, 3.05) is 19.8 Å². The molecule has 0 spiro atoms. The average molecular weight is 452 g/mol. The highest BCUT2D eigenvalue weighted by molar-refractivity contribution is 6.46. The Morgan fingerprint density at radius 2 is 1.70 bits per heavy atom. The Hall–Kier alpha value is -3.12. The van der Waals surface area contributed by atoms with E-state index in [-0.39, 0.29) is 24.0 Å². The predicted octanol–water partition coefficient (Wildman–Crippen LogP) is 4.88. The standard InChI is InChI=1S/C27H33NO5/c1-17(2)16-33-21-12-10-20(11-13-21)25(29)23-24(22-9-7-6-8-19(22)5)28(27(31)26(23)30)14-15-32-18(3)4/h6-13,17-18,24,29H,14-16H2,1-5H3/b25-23-. The molecule has 3 rings (SSSR count). The highest BCUT2D eigenvalue weighted by Crippen LogP contribution is 2.40. The van der Waals surface area contributed by atoms with Gasteiger partial charge < -0.3 is 19.5 Å². The molecule has 6 heteroatoms. The SMILES string of the molecule is Cc1ccccc1C1/C(=C(/O)c2ccc(OCC(C)C)cc2)C(=O)C(=O)N1CCOC(C)C. The van der Waals surface area contributed by atoms with Gasteiger partial charge in [-0.3, -0.25) is 9.59 Å². The number of hydrogen-bond donors (Lipinski definition) is 1. The third-order valence-electron chi connectivity index (χ3n) is 5.52. The first-order valence-electron chi connectivity index (χ1n) is 11.4. The molecule has 1 atom stereocenters. The van der Waals surface area contributed by atoms with Crippen LogP contribution in [0.4, 0.5) is 0 Å². The third-order valence-corrected chi connectivity index (χ3v) is 5.52. The van der Waals surface area contributed by atoms with Gasteiger partial charge in [-0.15, -0.1) is 0 Å². The number of benzene rings is 2. The number of ketones is 1. The lowest BCUT2D eigenvalue weighted by Gasteiger charge is -2.26. The highest BCUT2D eigenvalue weighted by atomic mass is 16.5. The van der Waals surface area contributed by atoms with Crippen molar-refractivity contribution in [2.45, 2.75) is 46.8 Å². The van der Waals surface area contributed by atoms with Gasteiger partial charge in [0.2, 0.25) is 0 Å². The lowest BCUT2D eigenvalue weighted by molar-refractivity contribution is -0.140. The van der Waals surface area contributed by atoms with Crippen molar-refractivity contribution in [1.82, 2.24) is 4.90 Å². The fourth-order valence-electron chi connectivity index (χ4n) is 3.84. The summed E-state index contributed by atoms with van der Waals surface area (Å²) in [4.78, 5) is 27.6. The fraction of sp³-hybridized carbons (Fsp3) is 0.407. The topological polar surface area (TPSA) is 76.1 Å². The van der Waals surface area contributed by atoms with E-state index in [0.717, 1.165) is 11.1 Å². The summed E-state index contributed by atoms with van der Waals surface area (Å²) in [5.74, 6) is -0.436. The predicted molar refractivity (Wildman–Crippen MR) is 128 cm³/mol. The summed E-state index contributed by atoms with van der Waals surface area (Å²) in [6.07, 6.45) is 0.00941. The summed E-state index contributed by atoms with van der Waals surface area (Å²) in [6.45, 7) is 11.0. The zero-order valence-electron chi connectivity index (χ0n) is 20.0. The fourth-order valence-corrected chi connectivity index (χ4v) is 3.84. The number of rotatable bonds is 9. The molecule has 0 aliphatic carbocycles. The first-order valence-corrected chi connectivity index (χ1v) is 11.4. The van der Waals surface area contributed by atoms with E-state index < -0.39 is 17.7 Å². The van der Waals surface area contributed by atoms with Gasteiger partial charge >= 0.3 is 0 Å². The van der Waals surface area contributed by atoms with E-state index in [1.807, 2.05) is 45.0 Å². The number of aliphatic hydroxyl groups is 1. The van der Waals surface area contributed by atoms with Crippen LogP contribution in [0.5, 0.6) is 5.75 Å². The molecule has 1 aliphatic rings. The molecular formula is C27H33NO5. The monoisotopic (exact) mass is 451 g/mol. The Balaban J connectivity index is 2.01. The van der Waals surface area contributed by atoms with Gasteiger partial charge in [0.25, 0.3) is 11.7 Å². The van der Waals surface area contributed by atoms with E-state index in [4.69, 9.17) is 9.47 Å². The van der Waals surface area contributed by atoms with Crippen LogP contribution in [0.2, 0.25) is 0 Å². The average Bonchev–Trinajstić information content (AvgIpc) is 3.02. The summed E-state index contributed by atoms with van der Waals surface area (Å²) >= 11 is 0. The maximum atomic E-state index is 13.1. The molecule has 1 unspecified atom stereocenters. The van der Waals surface area contributed by atoms with E-state index in [9.17, 15) is 14.7 Å². The molecule has 1 fully saturated rings. The van der Waals surface area contributed by atoms with E-state index in [0.29, 0.717) is 30.4 Å². The minimum absolute atomic E-state index is 0.00941. The third kappa shape index (κ3) is 5.63. The van der Waals surface area contributed by atoms with Gasteiger partial charge in [0.15, 0.2) is 0 Å². The van der Waals surface area contributed by atoms with Crippen LogP contribution in [0.1, 0.15) is 50.4 Å². The summed E-state index contributed by atoms with van der Waals surface area (Å²) < 4.78 is 11.3. The molecule has 0 saturated carbocycles. The largest absolute Gasteiger partial charge is 0.507 e. The van der Waals surface area contributed by atoms with Crippen LogP contribution in [0.3, 0.4) is 0 Å². The molecule has 1 saturated heterocycles. The minimum atomic E-state index is -0.689. The molecule has 2 aromatic carbocycles. The number of amides is 1. The Kier molecular flexibility index (Phi) is 7.92. The normalized spacial score (nSPS) is 17.9. The quantitative estimate of drug-likeness (QED) is 0.334. The molecule has 33 heavy (non-hydrogen) atoms. The summed E-state index contributed by atoms with van der Waals surface area (Å²) in [7, 11) is 0. The van der Waals surface area contributed by atoms with Gasteiger partial charge in [-0.25, -0.2) is 0 Å². The molecule has 1 aliphatic heterocycles. The van der Waals surface area contributed by atoms with E-state index in [1.54, 1.807) is 24.3 Å². The number of carbonyl (C=O) groups is 2. The molecule has 1 heterocycles. The van der Waals surface area contributed by atoms with Crippen molar-refractivity contribution < 1.29 is 24.2 Å². The second kappa shape index (κ2) is 10.7. The van der Waals surface area contributed by atoms with E-state index >= 15 is 0 Å². The number of aliphatic hydroxyl groups excluding tert-OH is 1. The Morgan fingerprint density at radius 3 is 2.30 bits per heavy atom. The van der Waals surface area contributed by atoms with Crippen molar-refractivity contribution in [1.29, 1.82) is 0 Å². The number of nitrogens with zero attached hydrogens (tertiary/aromatic N) is 1. The van der Waals surface area contributed by atoms with Crippen LogP contribution in [0.25, 0.3) is 5.76 Å². The highest BCUT2D eigenvalue weighted by Gasteiger charge is 2.46. The number of hydrogen-bond acceptors (Lipinski definition) is 5. The zero-order valence-corrected chi connectivity index (χ0v) is 20.0. The van der Waals surface area contributed by atoms with Gasteiger partial charge in [-0.1, -0.05) is 38.1 Å². The summed E-state index contributed by atoms with van der Waals surface area (Å²) in [5, 5.41) is 11.2. The molecule has 1 N–H and O–H groups in total. The minimum Gasteiger partial charge on any atom is -0.507 e. The van der Waals surface area contributed by atoms with Gasteiger partial charge in [-0.05, 0) is 62.1 Å². The molecule has 6 nitrogen and oxygen atoms in total. The molecule has 2 aromatic rings. The van der Waals surface area contributed by atoms with Crippen LogP contribution in [0.15, 0.2) is 54.1 Å². The molecule has 0 aromatic heterocycles. The van der Waals surface area contributed by atoms with Crippen molar-refractivity contribution in [3.8, 4) is 5.75 Å². The van der Waals surface area contributed by atoms with Gasteiger partial charge in [-0.2, -0.15) is 0 Å². The van der Waals surface area contributed by atoms with Crippen LogP contribution in [0, 0.1) is 12.8 Å². The molecule has 0 bridgehead atoms. The molecule has 176 valence electrons. The van der Waals surface area contributed by atoms with Crippen LogP contribution < -0.4 is 4.74 Å². The second-order valence-electron chi connectivity index (χ2n) is 9.00. The second-order valence-corrected chi connectivity index (χ2v) is 9.00. The van der Waals surface area contributed by atoms with E-state index in [1.165, 1.54) is 4.90 Å². The van der Waals surface area contributed by atoms with E-state index in [2.05, 4.69) is 13.8 Å². The number of carbonyl (C=O) groups excluding carboxylic acids is 2. The Bertz CT molecular complexity index is 1020. The number of ether oxygens (including phenoxy) is 2. The molecule has 1 amide bonds. The smallest absolute Gasteiger partial charge is 0.295 e. The number of Topliss-reactive ketones (excluding diaryl/α,β-unsaturated/α-hetero) is 1. The first-order chi connectivity index (χ1) is 15.7. The van der Waals surface area contributed by atoms with Crippen molar-refractivity contribution in [3.05, 3.63) is 70.8 Å². The number of likely N-dealkylation sites (tertiary alicyclic amines) is 1. The summed E-state index contributed by atoms with van der Waals surface area (Å²) in [6, 6.07) is 13.8. The maximum absolute atomic E-state index is 13.1. The summed E-state index contributed by atoms with van der Waals surface area (Å²) in [5.41, 5.74) is 2.29. The first kappa shape index (κ1) is 24.5. The Labute approximate surface area is 195 Å². The lowest BCUT2D eigenvalue weighted by Crippen LogP contribution is -2.33. The van der Waals surface area contributed by atoms with Gasteiger partial charge in [0.05, 0.1) is 30.9 Å². The van der Waals surface area contributed by atoms with Gasteiger partial charge in [0.1, 0.15) is 11.5 Å².